The zero-order valence-corrected chi connectivity index (χ0v) is 8.94. The maximum Gasteiger partial charge on any atom is 0.147 e. The van der Waals surface area contributed by atoms with E-state index in [-0.39, 0.29) is 0 Å². The predicted octanol–water partition coefficient (Wildman–Crippen LogP) is 2.84. The molecule has 0 amide bonds. The number of rotatable bonds is 3. The molecule has 0 aliphatic heterocycles. The summed E-state index contributed by atoms with van der Waals surface area (Å²) in [6.45, 7) is 2.76. The van der Waals surface area contributed by atoms with Crippen molar-refractivity contribution in [1.82, 2.24) is 4.98 Å². The zero-order chi connectivity index (χ0) is 9.84. The highest BCUT2D eigenvalue weighted by molar-refractivity contribution is 6.41. The van der Waals surface area contributed by atoms with E-state index >= 15 is 0 Å². The van der Waals surface area contributed by atoms with Crippen molar-refractivity contribution >= 4 is 23.2 Å². The van der Waals surface area contributed by atoms with E-state index in [4.69, 9.17) is 28.9 Å². The number of nitrogens with zero attached hydrogens (tertiary/aromatic N) is 1. The topological polar surface area (TPSA) is 38.9 Å². The lowest BCUT2D eigenvalue weighted by molar-refractivity contribution is 0.687. The second-order valence-corrected chi connectivity index (χ2v) is 3.78. The Kier molecular flexibility index (Phi) is 3.97. The standard InChI is InChI=1S/C9H12Cl2N2/c1-6(2-3-12)7-4-8(10)9(11)13-5-7/h4-6H,2-3,12H2,1H3. The number of halogens is 2. The molecule has 0 spiro atoms. The van der Waals surface area contributed by atoms with Crippen molar-refractivity contribution in [1.29, 1.82) is 0 Å². The van der Waals surface area contributed by atoms with Crippen LogP contribution in [0.15, 0.2) is 12.3 Å². The molecule has 1 rings (SSSR count). The Bertz CT molecular complexity index is 289. The van der Waals surface area contributed by atoms with Crippen molar-refractivity contribution in [2.24, 2.45) is 5.73 Å². The maximum atomic E-state index is 5.83. The monoisotopic (exact) mass is 218 g/mol. The van der Waals surface area contributed by atoms with Gasteiger partial charge in [-0.3, -0.25) is 0 Å². The van der Waals surface area contributed by atoms with Gasteiger partial charge >= 0.3 is 0 Å². The molecule has 1 aromatic rings. The van der Waals surface area contributed by atoms with Crippen LogP contribution in [0.1, 0.15) is 24.8 Å². The van der Waals surface area contributed by atoms with Crippen LogP contribution in [0.2, 0.25) is 10.2 Å². The van der Waals surface area contributed by atoms with Crippen LogP contribution in [0.5, 0.6) is 0 Å². The summed E-state index contributed by atoms with van der Waals surface area (Å²) in [6.07, 6.45) is 2.67. The minimum Gasteiger partial charge on any atom is -0.330 e. The lowest BCUT2D eigenvalue weighted by Gasteiger charge is -2.10. The highest BCUT2D eigenvalue weighted by Crippen LogP contribution is 2.25. The van der Waals surface area contributed by atoms with Crippen molar-refractivity contribution in [3.63, 3.8) is 0 Å². The fourth-order valence-corrected chi connectivity index (χ4v) is 1.40. The van der Waals surface area contributed by atoms with Gasteiger partial charge in [0, 0.05) is 6.20 Å². The number of aromatic nitrogens is 1. The van der Waals surface area contributed by atoms with Gasteiger partial charge in [0.15, 0.2) is 0 Å². The number of hydrogen-bond donors (Lipinski definition) is 1. The van der Waals surface area contributed by atoms with Crippen molar-refractivity contribution in [3.05, 3.63) is 28.0 Å². The van der Waals surface area contributed by atoms with E-state index in [2.05, 4.69) is 11.9 Å². The largest absolute Gasteiger partial charge is 0.330 e. The second kappa shape index (κ2) is 4.80. The highest BCUT2D eigenvalue weighted by Gasteiger charge is 2.07. The number of nitrogens with two attached hydrogens (primary N) is 1. The third-order valence-corrected chi connectivity index (χ3v) is 2.67. The first-order chi connectivity index (χ1) is 6.15. The molecule has 0 radical (unpaired) electrons. The van der Waals surface area contributed by atoms with Crippen LogP contribution < -0.4 is 5.73 Å². The number of hydrogen-bond acceptors (Lipinski definition) is 2. The SMILES string of the molecule is CC(CCN)c1cnc(Cl)c(Cl)c1. The first kappa shape index (κ1) is 10.8. The molecule has 72 valence electrons. The Balaban J connectivity index is 2.84. The average Bonchev–Trinajstić information content (AvgIpc) is 2.10. The van der Waals surface area contributed by atoms with Crippen LogP contribution in [-0.2, 0) is 0 Å². The quantitative estimate of drug-likeness (QED) is 0.794. The molecule has 1 heterocycles. The summed E-state index contributed by atoms with van der Waals surface area (Å²) in [5.74, 6) is 0.382. The smallest absolute Gasteiger partial charge is 0.147 e. The zero-order valence-electron chi connectivity index (χ0n) is 7.43. The Morgan fingerprint density at radius 1 is 1.54 bits per heavy atom. The van der Waals surface area contributed by atoms with E-state index in [0.29, 0.717) is 22.6 Å². The maximum absolute atomic E-state index is 5.83. The summed E-state index contributed by atoms with van der Waals surface area (Å²) < 4.78 is 0. The summed E-state index contributed by atoms with van der Waals surface area (Å²) in [7, 11) is 0. The van der Waals surface area contributed by atoms with Crippen LogP contribution >= 0.6 is 23.2 Å². The van der Waals surface area contributed by atoms with Crippen molar-refractivity contribution in [2.45, 2.75) is 19.3 Å². The van der Waals surface area contributed by atoms with Crippen LogP contribution in [-0.4, -0.2) is 11.5 Å². The Morgan fingerprint density at radius 2 is 2.23 bits per heavy atom. The third-order valence-electron chi connectivity index (χ3n) is 1.99. The molecule has 1 atom stereocenters. The minimum absolute atomic E-state index is 0.352. The van der Waals surface area contributed by atoms with Gasteiger partial charge in [0.25, 0.3) is 0 Å². The van der Waals surface area contributed by atoms with Gasteiger partial charge in [-0.2, -0.15) is 0 Å². The van der Waals surface area contributed by atoms with E-state index in [1.165, 1.54) is 0 Å². The summed E-state index contributed by atoms with van der Waals surface area (Å²) in [6, 6.07) is 1.84. The van der Waals surface area contributed by atoms with Crippen molar-refractivity contribution < 1.29 is 0 Å². The van der Waals surface area contributed by atoms with Crippen LogP contribution in [0, 0.1) is 0 Å². The minimum atomic E-state index is 0.352. The molecule has 13 heavy (non-hydrogen) atoms. The van der Waals surface area contributed by atoms with Gasteiger partial charge in [-0.25, -0.2) is 4.98 Å². The molecular formula is C9H12Cl2N2. The van der Waals surface area contributed by atoms with Gasteiger partial charge in [-0.1, -0.05) is 30.1 Å². The first-order valence-electron chi connectivity index (χ1n) is 4.16. The van der Waals surface area contributed by atoms with Crippen LogP contribution in [0.4, 0.5) is 0 Å². The van der Waals surface area contributed by atoms with Gasteiger partial charge in [0.2, 0.25) is 0 Å². The van der Waals surface area contributed by atoms with Gasteiger partial charge < -0.3 is 5.73 Å². The molecule has 0 aromatic carbocycles. The molecule has 0 saturated carbocycles. The fourth-order valence-electron chi connectivity index (χ4n) is 1.12. The summed E-state index contributed by atoms with van der Waals surface area (Å²) in [4.78, 5) is 3.97. The molecule has 1 aromatic heterocycles. The molecule has 0 bridgehead atoms. The van der Waals surface area contributed by atoms with E-state index in [1.807, 2.05) is 6.07 Å². The third kappa shape index (κ3) is 2.83. The normalized spacial score (nSPS) is 12.9. The number of pyridine rings is 1. The average molecular weight is 219 g/mol. The van der Waals surface area contributed by atoms with E-state index in [9.17, 15) is 0 Å². The molecule has 2 N–H and O–H groups in total. The first-order valence-corrected chi connectivity index (χ1v) is 4.91. The molecule has 0 fully saturated rings. The highest BCUT2D eigenvalue weighted by atomic mass is 35.5. The van der Waals surface area contributed by atoms with Gasteiger partial charge in [0.1, 0.15) is 5.15 Å². The molecule has 0 saturated heterocycles. The van der Waals surface area contributed by atoms with E-state index in [0.717, 1.165) is 12.0 Å². The van der Waals surface area contributed by atoms with Gasteiger partial charge in [0.05, 0.1) is 5.02 Å². The lowest BCUT2D eigenvalue weighted by atomic mass is 10.00. The summed E-state index contributed by atoms with van der Waals surface area (Å²) in [5.41, 5.74) is 6.54. The van der Waals surface area contributed by atoms with Crippen molar-refractivity contribution in [3.8, 4) is 0 Å². The lowest BCUT2D eigenvalue weighted by Crippen LogP contribution is -2.04. The summed E-state index contributed by atoms with van der Waals surface area (Å²) in [5, 5.41) is 0.855. The molecule has 2 nitrogen and oxygen atoms in total. The molecule has 0 aliphatic carbocycles. The molecule has 1 unspecified atom stereocenters. The Morgan fingerprint density at radius 3 is 2.77 bits per heavy atom. The molecule has 0 aliphatic rings. The summed E-state index contributed by atoms with van der Waals surface area (Å²) >= 11 is 11.5. The van der Waals surface area contributed by atoms with Gasteiger partial charge in [-0.05, 0) is 30.5 Å². The van der Waals surface area contributed by atoms with E-state index < -0.39 is 0 Å². The molecular weight excluding hydrogens is 207 g/mol. The molecule has 4 heteroatoms. The Hall–Kier alpha value is -0.310. The van der Waals surface area contributed by atoms with Crippen molar-refractivity contribution in [2.75, 3.05) is 6.54 Å². The van der Waals surface area contributed by atoms with Crippen LogP contribution in [0.25, 0.3) is 0 Å². The van der Waals surface area contributed by atoms with E-state index in [1.54, 1.807) is 6.20 Å². The predicted molar refractivity (Wildman–Crippen MR) is 56.3 cm³/mol. The van der Waals surface area contributed by atoms with Crippen LogP contribution in [0.3, 0.4) is 0 Å². The van der Waals surface area contributed by atoms with Gasteiger partial charge in [-0.15, -0.1) is 0 Å². The Labute approximate surface area is 88.1 Å². The fraction of sp³-hybridized carbons (Fsp3) is 0.444. The second-order valence-electron chi connectivity index (χ2n) is 3.02.